The van der Waals surface area contributed by atoms with E-state index in [2.05, 4.69) is 84.9 Å². The SMILES string of the molecule is CCCC(CC)c1ccc(C(CC)CCC)c(C(=O)C(O)=Cc2cc(CC)ccc2C(CC)CCC)c1. The zero-order chi connectivity index (χ0) is 27.4. The molecule has 204 valence electrons. The van der Waals surface area contributed by atoms with Crippen molar-refractivity contribution in [2.24, 2.45) is 0 Å². The maximum atomic E-state index is 13.9. The fourth-order valence-electron chi connectivity index (χ4n) is 5.88. The van der Waals surface area contributed by atoms with Crippen molar-refractivity contribution < 1.29 is 9.90 Å². The van der Waals surface area contributed by atoms with E-state index in [1.54, 1.807) is 6.08 Å². The van der Waals surface area contributed by atoms with E-state index in [-0.39, 0.29) is 11.5 Å². The predicted octanol–water partition coefficient (Wildman–Crippen LogP) is 10.9. The van der Waals surface area contributed by atoms with Crippen LogP contribution < -0.4 is 0 Å². The van der Waals surface area contributed by atoms with Gasteiger partial charge in [-0.05, 0) is 103 Å². The minimum Gasteiger partial charge on any atom is -0.504 e. The number of hydrogen-bond acceptors (Lipinski definition) is 2. The Morgan fingerprint density at radius 3 is 1.81 bits per heavy atom. The lowest BCUT2D eigenvalue weighted by Gasteiger charge is -2.22. The van der Waals surface area contributed by atoms with Gasteiger partial charge in [0.1, 0.15) is 0 Å². The van der Waals surface area contributed by atoms with E-state index in [0.29, 0.717) is 23.3 Å². The van der Waals surface area contributed by atoms with Crippen LogP contribution in [-0.4, -0.2) is 10.9 Å². The second kappa shape index (κ2) is 15.8. The molecule has 0 aromatic heterocycles. The largest absolute Gasteiger partial charge is 0.504 e. The number of hydrogen-bond donors (Lipinski definition) is 1. The van der Waals surface area contributed by atoms with Crippen LogP contribution in [0.4, 0.5) is 0 Å². The highest BCUT2D eigenvalue weighted by Gasteiger charge is 2.23. The maximum absolute atomic E-state index is 13.9. The summed E-state index contributed by atoms with van der Waals surface area (Å²) < 4.78 is 0. The van der Waals surface area contributed by atoms with Crippen LogP contribution >= 0.6 is 0 Å². The van der Waals surface area contributed by atoms with Gasteiger partial charge in [0, 0.05) is 5.56 Å². The lowest BCUT2D eigenvalue weighted by atomic mass is 9.83. The molecule has 2 aromatic rings. The van der Waals surface area contributed by atoms with Gasteiger partial charge in [-0.25, -0.2) is 0 Å². The van der Waals surface area contributed by atoms with E-state index < -0.39 is 0 Å². The molecule has 0 heterocycles. The summed E-state index contributed by atoms with van der Waals surface area (Å²) >= 11 is 0. The van der Waals surface area contributed by atoms with Crippen LogP contribution in [0.25, 0.3) is 6.08 Å². The standard InChI is InChI=1S/C35H52O2/c1-8-15-26(12-5)29-19-21-32(28(14-7)17-10-3)33(23-29)35(37)34(36)24-30-22-25(11-4)18-20-31(30)27(13-6)16-9-2/h18-24,26-28,36H,8-17H2,1-7H3. The Bertz CT molecular complexity index is 1020. The van der Waals surface area contributed by atoms with Gasteiger partial charge in [0.2, 0.25) is 5.78 Å². The number of allylic oxidation sites excluding steroid dienone is 1. The highest BCUT2D eigenvalue weighted by molar-refractivity contribution is 6.10. The van der Waals surface area contributed by atoms with Crippen molar-refractivity contribution in [1.29, 1.82) is 0 Å². The average Bonchev–Trinajstić information content (AvgIpc) is 2.92. The topological polar surface area (TPSA) is 37.3 Å². The van der Waals surface area contributed by atoms with Gasteiger partial charge < -0.3 is 5.11 Å². The summed E-state index contributed by atoms with van der Waals surface area (Å²) in [4.78, 5) is 13.9. The van der Waals surface area contributed by atoms with Gasteiger partial charge in [-0.1, -0.05) is 98.1 Å². The molecule has 0 aliphatic heterocycles. The van der Waals surface area contributed by atoms with Gasteiger partial charge in [0.05, 0.1) is 0 Å². The van der Waals surface area contributed by atoms with Crippen LogP contribution in [0.3, 0.4) is 0 Å². The molecule has 0 bridgehead atoms. The number of carbonyl (C=O) groups excluding carboxylic acids is 1. The summed E-state index contributed by atoms with van der Waals surface area (Å²) in [6.07, 6.45) is 12.3. The molecule has 0 saturated carbocycles. The fourth-order valence-corrected chi connectivity index (χ4v) is 5.88. The molecule has 1 N–H and O–H groups in total. The second-order valence-electron chi connectivity index (χ2n) is 10.7. The van der Waals surface area contributed by atoms with E-state index >= 15 is 0 Å². The molecule has 0 spiro atoms. The molecule has 0 aliphatic carbocycles. The van der Waals surface area contributed by atoms with Crippen LogP contribution in [0.15, 0.2) is 42.2 Å². The molecule has 2 nitrogen and oxygen atoms in total. The summed E-state index contributed by atoms with van der Waals surface area (Å²) in [5, 5.41) is 11.3. The van der Waals surface area contributed by atoms with Gasteiger partial charge in [-0.3, -0.25) is 4.79 Å². The number of ketones is 1. The minimum absolute atomic E-state index is 0.144. The third-order valence-electron chi connectivity index (χ3n) is 8.15. The highest BCUT2D eigenvalue weighted by Crippen LogP contribution is 2.34. The van der Waals surface area contributed by atoms with Crippen LogP contribution in [0.5, 0.6) is 0 Å². The first-order valence-electron chi connectivity index (χ1n) is 15.1. The number of aliphatic hydroxyl groups excluding tert-OH is 1. The summed E-state index contributed by atoms with van der Waals surface area (Å²) in [5.41, 5.74) is 6.45. The van der Waals surface area contributed by atoms with Gasteiger partial charge in [-0.15, -0.1) is 0 Å². The van der Waals surface area contributed by atoms with Gasteiger partial charge in [-0.2, -0.15) is 0 Å². The zero-order valence-electron chi connectivity index (χ0n) is 24.7. The normalized spacial score (nSPS) is 14.4. The summed E-state index contributed by atoms with van der Waals surface area (Å²) in [6.45, 7) is 15.4. The quantitative estimate of drug-likeness (QED) is 0.140. The lowest BCUT2D eigenvalue weighted by molar-refractivity contribution is 0.0978. The highest BCUT2D eigenvalue weighted by atomic mass is 16.3. The number of carbonyl (C=O) groups is 1. The molecular formula is C35H52O2. The van der Waals surface area contributed by atoms with Gasteiger partial charge in [0.15, 0.2) is 5.76 Å². The van der Waals surface area contributed by atoms with Crippen molar-refractivity contribution in [3.05, 3.63) is 75.5 Å². The number of aliphatic hydroxyl groups is 1. The first-order valence-corrected chi connectivity index (χ1v) is 15.1. The van der Waals surface area contributed by atoms with Crippen LogP contribution in [-0.2, 0) is 6.42 Å². The minimum atomic E-state index is -0.242. The third-order valence-corrected chi connectivity index (χ3v) is 8.15. The Kier molecular flexibility index (Phi) is 13.2. The van der Waals surface area contributed by atoms with Crippen molar-refractivity contribution >= 4 is 11.9 Å². The molecule has 0 amide bonds. The van der Waals surface area contributed by atoms with E-state index in [9.17, 15) is 9.90 Å². The Morgan fingerprint density at radius 1 is 0.730 bits per heavy atom. The Morgan fingerprint density at radius 2 is 1.27 bits per heavy atom. The van der Waals surface area contributed by atoms with E-state index in [1.165, 1.54) is 16.7 Å². The van der Waals surface area contributed by atoms with Crippen molar-refractivity contribution in [2.45, 2.75) is 130 Å². The van der Waals surface area contributed by atoms with Crippen molar-refractivity contribution in [3.63, 3.8) is 0 Å². The molecule has 0 aliphatic rings. The van der Waals surface area contributed by atoms with Crippen LogP contribution in [0, 0.1) is 0 Å². The van der Waals surface area contributed by atoms with Crippen LogP contribution in [0.2, 0.25) is 0 Å². The van der Waals surface area contributed by atoms with E-state index in [1.807, 2.05) is 0 Å². The number of rotatable bonds is 16. The van der Waals surface area contributed by atoms with Gasteiger partial charge in [0.25, 0.3) is 0 Å². The first kappa shape index (κ1) is 30.9. The molecule has 0 saturated heterocycles. The molecule has 2 heteroatoms. The molecule has 3 unspecified atom stereocenters. The number of Topliss-reactive ketones (excluding diaryl/α,β-unsaturated/α-hetero) is 1. The van der Waals surface area contributed by atoms with Gasteiger partial charge >= 0.3 is 0 Å². The average molecular weight is 505 g/mol. The van der Waals surface area contributed by atoms with Crippen molar-refractivity contribution in [2.75, 3.05) is 0 Å². The second-order valence-corrected chi connectivity index (χ2v) is 10.7. The first-order chi connectivity index (χ1) is 17.9. The van der Waals surface area contributed by atoms with E-state index in [0.717, 1.165) is 75.3 Å². The predicted molar refractivity (Wildman–Crippen MR) is 161 cm³/mol. The van der Waals surface area contributed by atoms with Crippen molar-refractivity contribution in [1.82, 2.24) is 0 Å². The molecule has 3 atom stereocenters. The molecule has 0 fully saturated rings. The molecular weight excluding hydrogens is 452 g/mol. The van der Waals surface area contributed by atoms with E-state index in [4.69, 9.17) is 0 Å². The maximum Gasteiger partial charge on any atom is 0.227 e. The Balaban J connectivity index is 2.64. The Labute approximate surface area is 227 Å². The molecule has 2 rings (SSSR count). The zero-order valence-corrected chi connectivity index (χ0v) is 24.7. The molecule has 2 aromatic carbocycles. The summed E-state index contributed by atoms with van der Waals surface area (Å²) in [5.74, 6) is 0.806. The smallest absolute Gasteiger partial charge is 0.227 e. The van der Waals surface area contributed by atoms with Crippen LogP contribution in [0.1, 0.15) is 162 Å². The molecule has 0 radical (unpaired) electrons. The molecule has 37 heavy (non-hydrogen) atoms. The number of aryl methyl sites for hydroxylation is 1. The number of benzene rings is 2. The fraction of sp³-hybridized carbons (Fsp3) is 0.571. The monoisotopic (exact) mass is 504 g/mol. The lowest BCUT2D eigenvalue weighted by Crippen LogP contribution is -2.12. The van der Waals surface area contributed by atoms with Crippen molar-refractivity contribution in [3.8, 4) is 0 Å². The summed E-state index contributed by atoms with van der Waals surface area (Å²) in [7, 11) is 0. The summed E-state index contributed by atoms with van der Waals surface area (Å²) in [6, 6.07) is 13.1. The Hall–Kier alpha value is -2.35. The third kappa shape index (κ3) is 8.06.